The van der Waals surface area contributed by atoms with Crippen molar-refractivity contribution < 1.29 is 5.11 Å². The van der Waals surface area contributed by atoms with E-state index in [-0.39, 0.29) is 12.5 Å². The third kappa shape index (κ3) is 3.34. The van der Waals surface area contributed by atoms with Crippen LogP contribution in [0.2, 0.25) is 0 Å². The first-order valence-corrected chi connectivity index (χ1v) is 8.66. The molecule has 0 saturated carbocycles. The first-order valence-electron chi connectivity index (χ1n) is 8.66. The van der Waals surface area contributed by atoms with Crippen LogP contribution < -0.4 is 0 Å². The van der Waals surface area contributed by atoms with Crippen LogP contribution in [0, 0.1) is 5.92 Å². The van der Waals surface area contributed by atoms with Crippen molar-refractivity contribution in [1.29, 1.82) is 0 Å². The van der Waals surface area contributed by atoms with Crippen LogP contribution in [0.4, 0.5) is 0 Å². The second-order valence-corrected chi connectivity index (χ2v) is 6.66. The third-order valence-electron chi connectivity index (χ3n) is 5.06. The maximum Gasteiger partial charge on any atom is 0.0695 e. The molecule has 0 unspecified atom stereocenters. The lowest BCUT2D eigenvalue weighted by molar-refractivity contribution is 0.214. The van der Waals surface area contributed by atoms with Crippen LogP contribution in [0.15, 0.2) is 61.1 Å². The van der Waals surface area contributed by atoms with Crippen molar-refractivity contribution in [2.24, 2.45) is 5.92 Å². The van der Waals surface area contributed by atoms with E-state index in [1.165, 1.54) is 11.1 Å². The van der Waals surface area contributed by atoms with Gasteiger partial charge in [0.15, 0.2) is 0 Å². The van der Waals surface area contributed by atoms with Crippen LogP contribution in [0.5, 0.6) is 0 Å². The monoisotopic (exact) mass is 334 g/mol. The molecule has 0 spiro atoms. The van der Waals surface area contributed by atoms with Gasteiger partial charge in [0.2, 0.25) is 0 Å². The number of pyridine rings is 1. The highest BCUT2D eigenvalue weighted by Crippen LogP contribution is 2.33. The van der Waals surface area contributed by atoms with Crippen LogP contribution in [0.3, 0.4) is 0 Å². The number of aromatic amines is 1. The average Bonchev–Trinajstić information content (AvgIpc) is 3.30. The molecule has 128 valence electrons. The molecule has 0 amide bonds. The summed E-state index contributed by atoms with van der Waals surface area (Å²) in [7, 11) is 0. The summed E-state index contributed by atoms with van der Waals surface area (Å²) in [5.74, 6) is 0.606. The van der Waals surface area contributed by atoms with Gasteiger partial charge in [-0.2, -0.15) is 5.10 Å². The minimum Gasteiger partial charge on any atom is -0.396 e. The number of aliphatic hydroxyl groups excluding tert-OH is 1. The Morgan fingerprint density at radius 3 is 2.64 bits per heavy atom. The van der Waals surface area contributed by atoms with Gasteiger partial charge in [-0.25, -0.2) is 0 Å². The van der Waals surface area contributed by atoms with E-state index in [4.69, 9.17) is 0 Å². The number of likely N-dealkylation sites (tertiary alicyclic amines) is 1. The van der Waals surface area contributed by atoms with Gasteiger partial charge in [0.25, 0.3) is 0 Å². The Bertz CT molecular complexity index is 803. The molecule has 1 fully saturated rings. The summed E-state index contributed by atoms with van der Waals surface area (Å²) in [4.78, 5) is 6.51. The SMILES string of the molecule is OC[C@@H]1CN(Cc2cn[nH]c2-c2ccccc2)C[C@H]1c1ccncc1. The van der Waals surface area contributed by atoms with Gasteiger partial charge >= 0.3 is 0 Å². The van der Waals surface area contributed by atoms with Gasteiger partial charge in [0.05, 0.1) is 11.9 Å². The lowest BCUT2D eigenvalue weighted by atomic mass is 9.90. The van der Waals surface area contributed by atoms with Crippen molar-refractivity contribution in [3.63, 3.8) is 0 Å². The van der Waals surface area contributed by atoms with Crippen molar-refractivity contribution in [2.45, 2.75) is 12.5 Å². The molecule has 2 aromatic heterocycles. The van der Waals surface area contributed by atoms with Crippen LogP contribution in [-0.2, 0) is 6.54 Å². The quantitative estimate of drug-likeness (QED) is 0.753. The molecule has 1 aliphatic heterocycles. The Hall–Kier alpha value is -2.50. The molecule has 5 nitrogen and oxygen atoms in total. The predicted molar refractivity (Wildman–Crippen MR) is 96.9 cm³/mol. The zero-order valence-electron chi connectivity index (χ0n) is 14.0. The van der Waals surface area contributed by atoms with Gasteiger partial charge in [0, 0.05) is 56.0 Å². The van der Waals surface area contributed by atoms with Crippen molar-refractivity contribution in [3.8, 4) is 11.3 Å². The first-order chi connectivity index (χ1) is 12.3. The molecule has 3 heterocycles. The predicted octanol–water partition coefficient (Wildman–Crippen LogP) is 2.68. The Balaban J connectivity index is 1.52. The van der Waals surface area contributed by atoms with Gasteiger partial charge in [-0.05, 0) is 23.3 Å². The maximum atomic E-state index is 9.81. The van der Waals surface area contributed by atoms with Crippen LogP contribution in [0.25, 0.3) is 11.3 Å². The summed E-state index contributed by atoms with van der Waals surface area (Å²) in [6.07, 6.45) is 5.57. The summed E-state index contributed by atoms with van der Waals surface area (Å²) in [5.41, 5.74) is 4.68. The number of hydrogen-bond acceptors (Lipinski definition) is 4. The Labute approximate surface area is 147 Å². The number of H-pyrrole nitrogens is 1. The zero-order chi connectivity index (χ0) is 17.1. The first kappa shape index (κ1) is 16.0. The van der Waals surface area contributed by atoms with E-state index in [1.54, 1.807) is 0 Å². The number of nitrogens with one attached hydrogen (secondary N) is 1. The second-order valence-electron chi connectivity index (χ2n) is 6.66. The van der Waals surface area contributed by atoms with Crippen molar-refractivity contribution in [1.82, 2.24) is 20.1 Å². The molecule has 0 bridgehead atoms. The fraction of sp³-hybridized carbons (Fsp3) is 0.300. The van der Waals surface area contributed by atoms with Gasteiger partial charge in [-0.15, -0.1) is 0 Å². The summed E-state index contributed by atoms with van der Waals surface area (Å²) in [5, 5.41) is 17.2. The topological polar surface area (TPSA) is 65.0 Å². The molecular weight excluding hydrogens is 312 g/mol. The lowest BCUT2D eigenvalue weighted by Gasteiger charge is -2.16. The van der Waals surface area contributed by atoms with E-state index in [0.717, 1.165) is 30.9 Å². The fourth-order valence-corrected chi connectivity index (χ4v) is 3.79. The standard InChI is InChI=1S/C20H22N4O/c25-14-18-12-24(13-19(18)15-6-8-21-9-7-15)11-17-10-22-23-20(17)16-4-2-1-3-5-16/h1-10,18-19,25H,11-14H2,(H,22,23)/t18-,19-/m0/s1. The van der Waals surface area contributed by atoms with Gasteiger partial charge < -0.3 is 5.11 Å². The summed E-state index contributed by atoms with van der Waals surface area (Å²) in [6.45, 7) is 2.87. The minimum atomic E-state index is 0.209. The molecule has 3 aromatic rings. The van der Waals surface area contributed by atoms with E-state index < -0.39 is 0 Å². The summed E-state index contributed by atoms with van der Waals surface area (Å²) in [6, 6.07) is 14.4. The normalized spacial score (nSPS) is 20.8. The molecule has 2 atom stereocenters. The molecule has 25 heavy (non-hydrogen) atoms. The Kier molecular flexibility index (Phi) is 4.59. The smallest absolute Gasteiger partial charge is 0.0695 e. The number of hydrogen-bond donors (Lipinski definition) is 2. The van der Waals surface area contributed by atoms with Gasteiger partial charge in [-0.1, -0.05) is 30.3 Å². The average molecular weight is 334 g/mol. The van der Waals surface area contributed by atoms with E-state index >= 15 is 0 Å². The highest BCUT2D eigenvalue weighted by molar-refractivity contribution is 5.62. The molecular formula is C20H22N4O. The van der Waals surface area contributed by atoms with E-state index in [9.17, 15) is 5.11 Å². The van der Waals surface area contributed by atoms with Crippen LogP contribution >= 0.6 is 0 Å². The fourth-order valence-electron chi connectivity index (χ4n) is 3.79. The molecule has 0 aliphatic carbocycles. The number of benzene rings is 1. The van der Waals surface area contributed by atoms with E-state index in [1.807, 2.05) is 36.8 Å². The van der Waals surface area contributed by atoms with Gasteiger partial charge in [-0.3, -0.25) is 15.0 Å². The number of aromatic nitrogens is 3. The molecule has 1 aliphatic rings. The van der Waals surface area contributed by atoms with E-state index in [2.05, 4.69) is 44.3 Å². The molecule has 4 rings (SSSR count). The van der Waals surface area contributed by atoms with Crippen molar-refractivity contribution >= 4 is 0 Å². The summed E-state index contributed by atoms with van der Waals surface area (Å²) < 4.78 is 0. The van der Waals surface area contributed by atoms with E-state index in [0.29, 0.717) is 5.92 Å². The zero-order valence-corrected chi connectivity index (χ0v) is 14.0. The maximum absolute atomic E-state index is 9.81. The van der Waals surface area contributed by atoms with Gasteiger partial charge in [0.1, 0.15) is 0 Å². The third-order valence-corrected chi connectivity index (χ3v) is 5.06. The molecule has 5 heteroatoms. The summed E-state index contributed by atoms with van der Waals surface area (Å²) >= 11 is 0. The van der Waals surface area contributed by atoms with Crippen LogP contribution in [0.1, 0.15) is 17.0 Å². The molecule has 2 N–H and O–H groups in total. The number of aliphatic hydroxyl groups is 1. The van der Waals surface area contributed by atoms with Crippen LogP contribution in [-0.4, -0.2) is 44.9 Å². The highest BCUT2D eigenvalue weighted by Gasteiger charge is 2.33. The minimum absolute atomic E-state index is 0.209. The highest BCUT2D eigenvalue weighted by atomic mass is 16.3. The Morgan fingerprint density at radius 2 is 1.88 bits per heavy atom. The van der Waals surface area contributed by atoms with Crippen molar-refractivity contribution in [3.05, 3.63) is 72.2 Å². The molecule has 0 radical (unpaired) electrons. The number of nitrogens with zero attached hydrogens (tertiary/aromatic N) is 3. The lowest BCUT2D eigenvalue weighted by Crippen LogP contribution is -2.21. The Morgan fingerprint density at radius 1 is 1.08 bits per heavy atom. The van der Waals surface area contributed by atoms with Crippen molar-refractivity contribution in [2.75, 3.05) is 19.7 Å². The second kappa shape index (κ2) is 7.17. The largest absolute Gasteiger partial charge is 0.396 e. The molecule has 1 saturated heterocycles. The molecule has 1 aromatic carbocycles. The number of rotatable bonds is 5.